The predicted molar refractivity (Wildman–Crippen MR) is 124 cm³/mol. The van der Waals surface area contributed by atoms with E-state index in [1.165, 1.54) is 6.08 Å². The summed E-state index contributed by atoms with van der Waals surface area (Å²) in [5.41, 5.74) is -1.63. The van der Waals surface area contributed by atoms with Crippen LogP contribution in [0, 0.1) is 0 Å². The first-order valence-electron chi connectivity index (χ1n) is 9.02. The zero-order valence-electron chi connectivity index (χ0n) is 16.5. The van der Waals surface area contributed by atoms with Gasteiger partial charge >= 0.3 is 0 Å². The molecule has 27 heavy (non-hydrogen) atoms. The van der Waals surface area contributed by atoms with Crippen molar-refractivity contribution in [2.75, 3.05) is 0 Å². The van der Waals surface area contributed by atoms with Gasteiger partial charge in [0.1, 0.15) is 0 Å². The van der Waals surface area contributed by atoms with Crippen LogP contribution in [0.1, 0.15) is 34.6 Å². The van der Waals surface area contributed by atoms with Gasteiger partial charge in [0.05, 0.1) is 9.50 Å². The molecule has 146 valence electrons. The van der Waals surface area contributed by atoms with Crippen molar-refractivity contribution >= 4 is 50.6 Å². The van der Waals surface area contributed by atoms with E-state index in [9.17, 15) is 0 Å². The van der Waals surface area contributed by atoms with Crippen LogP contribution in [-0.4, -0.2) is 20.1 Å². The van der Waals surface area contributed by atoms with Gasteiger partial charge in [0, 0.05) is 0 Å². The fraction of sp³-hybridized carbons (Fsp3) is 0.364. The lowest BCUT2D eigenvalue weighted by atomic mass is 10.0. The second-order valence-electron chi connectivity index (χ2n) is 8.01. The van der Waals surface area contributed by atoms with Crippen molar-refractivity contribution in [3.05, 3.63) is 70.1 Å². The Bertz CT molecular complexity index is 726. The van der Waals surface area contributed by atoms with Crippen LogP contribution in [-0.2, 0) is 4.43 Å². The number of rotatable bonds is 6. The average molecular weight is 514 g/mol. The first kappa shape index (κ1) is 22.5. The molecule has 0 aliphatic heterocycles. The van der Waals surface area contributed by atoms with E-state index in [-0.39, 0.29) is 5.04 Å². The third-order valence-corrected chi connectivity index (χ3v) is 10.5. The van der Waals surface area contributed by atoms with Crippen molar-refractivity contribution in [3.63, 3.8) is 0 Å². The van der Waals surface area contributed by atoms with E-state index in [0.717, 1.165) is 10.4 Å². The lowest BCUT2D eigenvalue weighted by Gasteiger charge is -2.46. The molecule has 2 unspecified atom stereocenters. The van der Waals surface area contributed by atoms with Crippen LogP contribution < -0.4 is 10.4 Å². The standard InChI is InChI=1S/C22H27Br2FOSi/c1-17(22(5,25)16-20(23)24)26-27(21(2,3)4,18-12-8-6-9-13-18)19-14-10-7-11-15-19/h6-17H,1-5H3. The van der Waals surface area contributed by atoms with Gasteiger partial charge in [-0.15, -0.1) is 0 Å². The Morgan fingerprint density at radius 3 is 1.67 bits per heavy atom. The lowest BCUT2D eigenvalue weighted by molar-refractivity contribution is 0.0636. The second-order valence-corrected chi connectivity index (χ2v) is 15.0. The summed E-state index contributed by atoms with van der Waals surface area (Å²) < 4.78 is 22.8. The van der Waals surface area contributed by atoms with E-state index >= 15 is 4.39 Å². The van der Waals surface area contributed by atoms with Gasteiger partial charge in [-0.1, -0.05) is 81.4 Å². The highest BCUT2D eigenvalue weighted by Gasteiger charge is 2.52. The Labute approximate surface area is 180 Å². The van der Waals surface area contributed by atoms with Gasteiger partial charge in [-0.05, 0) is 67.2 Å². The second kappa shape index (κ2) is 8.72. The number of hydrogen-bond acceptors (Lipinski definition) is 1. The first-order chi connectivity index (χ1) is 12.5. The van der Waals surface area contributed by atoms with Crippen molar-refractivity contribution in [2.24, 2.45) is 0 Å². The summed E-state index contributed by atoms with van der Waals surface area (Å²) in [5, 5.41) is 2.11. The van der Waals surface area contributed by atoms with Crippen LogP contribution in [0.4, 0.5) is 4.39 Å². The molecule has 0 N–H and O–H groups in total. The monoisotopic (exact) mass is 512 g/mol. The Kier molecular flexibility index (Phi) is 7.28. The van der Waals surface area contributed by atoms with E-state index in [0.29, 0.717) is 3.39 Å². The molecule has 2 aromatic rings. The maximum absolute atomic E-state index is 15.4. The fourth-order valence-electron chi connectivity index (χ4n) is 3.40. The van der Waals surface area contributed by atoms with Gasteiger partial charge < -0.3 is 4.43 Å². The third kappa shape index (κ3) is 5.00. The molecule has 0 aliphatic rings. The molecule has 0 saturated carbocycles. The minimum atomic E-state index is -2.77. The van der Waals surface area contributed by atoms with Crippen LogP contribution in [0.15, 0.2) is 70.1 Å². The quantitative estimate of drug-likeness (QED) is 0.411. The number of alkyl halides is 1. The maximum Gasteiger partial charge on any atom is 0.261 e. The molecule has 0 amide bonds. The lowest BCUT2D eigenvalue weighted by Crippen LogP contribution is -2.68. The third-order valence-electron chi connectivity index (χ3n) is 4.96. The first-order valence-corrected chi connectivity index (χ1v) is 12.5. The van der Waals surface area contributed by atoms with E-state index in [2.05, 4.69) is 76.9 Å². The molecule has 0 spiro atoms. The molecular formula is C22H27Br2FOSi. The highest BCUT2D eigenvalue weighted by molar-refractivity contribution is 9.28. The summed E-state index contributed by atoms with van der Waals surface area (Å²) >= 11 is 6.56. The van der Waals surface area contributed by atoms with Gasteiger partial charge in [0.15, 0.2) is 5.67 Å². The molecule has 0 radical (unpaired) electrons. The Morgan fingerprint density at radius 2 is 1.33 bits per heavy atom. The Hall–Kier alpha value is -0.753. The van der Waals surface area contributed by atoms with Crippen molar-refractivity contribution < 1.29 is 8.82 Å². The molecule has 2 aromatic carbocycles. The van der Waals surface area contributed by atoms with Gasteiger partial charge in [-0.2, -0.15) is 0 Å². The molecule has 0 bridgehead atoms. The summed E-state index contributed by atoms with van der Waals surface area (Å²) in [6.07, 6.45) is 0.879. The van der Waals surface area contributed by atoms with Crippen molar-refractivity contribution in [1.82, 2.24) is 0 Å². The fourth-order valence-corrected chi connectivity index (χ4v) is 9.07. The zero-order chi connectivity index (χ0) is 20.3. The van der Waals surface area contributed by atoms with E-state index in [4.69, 9.17) is 4.43 Å². The van der Waals surface area contributed by atoms with Crippen LogP contribution in [0.5, 0.6) is 0 Å². The maximum atomic E-state index is 15.4. The van der Waals surface area contributed by atoms with Gasteiger partial charge in [0.2, 0.25) is 0 Å². The summed E-state index contributed by atoms with van der Waals surface area (Å²) in [5.74, 6) is 0. The van der Waals surface area contributed by atoms with Crippen LogP contribution in [0.3, 0.4) is 0 Å². The molecule has 2 atom stereocenters. The van der Waals surface area contributed by atoms with Crippen LogP contribution in [0.25, 0.3) is 0 Å². The van der Waals surface area contributed by atoms with E-state index in [1.54, 1.807) is 6.92 Å². The van der Waals surface area contributed by atoms with Crippen LogP contribution in [0.2, 0.25) is 5.04 Å². The molecule has 0 aromatic heterocycles. The molecule has 1 nitrogen and oxygen atoms in total. The molecule has 0 saturated heterocycles. The van der Waals surface area contributed by atoms with Crippen molar-refractivity contribution in [1.29, 1.82) is 0 Å². The normalized spacial score (nSPS) is 15.7. The van der Waals surface area contributed by atoms with E-state index < -0.39 is 20.1 Å². The van der Waals surface area contributed by atoms with Crippen LogP contribution >= 0.6 is 31.9 Å². The van der Waals surface area contributed by atoms with Gasteiger partial charge in [0.25, 0.3) is 8.32 Å². The van der Waals surface area contributed by atoms with E-state index in [1.807, 2.05) is 43.3 Å². The Balaban J connectivity index is 2.68. The minimum absolute atomic E-state index is 0.185. The van der Waals surface area contributed by atoms with Crippen molar-refractivity contribution in [3.8, 4) is 0 Å². The minimum Gasteiger partial charge on any atom is -0.401 e. The highest BCUT2D eigenvalue weighted by Crippen LogP contribution is 2.39. The zero-order valence-corrected chi connectivity index (χ0v) is 20.6. The summed E-state index contributed by atoms with van der Waals surface area (Å²) in [4.78, 5) is 0. The molecule has 0 aliphatic carbocycles. The Morgan fingerprint density at radius 1 is 0.926 bits per heavy atom. The highest BCUT2D eigenvalue weighted by atomic mass is 79.9. The number of benzene rings is 2. The molecular weight excluding hydrogens is 487 g/mol. The topological polar surface area (TPSA) is 9.23 Å². The largest absolute Gasteiger partial charge is 0.401 e. The SMILES string of the molecule is CC(O[Si](c1ccccc1)(c1ccccc1)C(C)(C)C)C(C)(F)C=C(Br)Br. The van der Waals surface area contributed by atoms with Gasteiger partial charge in [-0.25, -0.2) is 4.39 Å². The molecule has 2 rings (SSSR count). The molecule has 0 fully saturated rings. The smallest absolute Gasteiger partial charge is 0.261 e. The predicted octanol–water partition coefficient (Wildman–Crippen LogP) is 6.31. The number of halogens is 3. The molecule has 5 heteroatoms. The van der Waals surface area contributed by atoms with Crippen molar-refractivity contribution in [2.45, 2.75) is 51.4 Å². The summed E-state index contributed by atoms with van der Waals surface area (Å²) in [6.45, 7) is 9.95. The summed E-state index contributed by atoms with van der Waals surface area (Å²) in [6, 6.07) is 20.6. The molecule has 0 heterocycles. The summed E-state index contributed by atoms with van der Waals surface area (Å²) in [7, 11) is -2.77. The average Bonchev–Trinajstić information content (AvgIpc) is 2.58. The van der Waals surface area contributed by atoms with Gasteiger partial charge in [-0.3, -0.25) is 0 Å². The number of hydrogen-bond donors (Lipinski definition) is 0.